The van der Waals surface area contributed by atoms with E-state index in [9.17, 15) is 12.8 Å². The maximum absolute atomic E-state index is 13.2. The summed E-state index contributed by atoms with van der Waals surface area (Å²) in [6, 6.07) is 2.43. The van der Waals surface area contributed by atoms with Crippen molar-refractivity contribution in [3.63, 3.8) is 0 Å². The molecule has 0 saturated heterocycles. The summed E-state index contributed by atoms with van der Waals surface area (Å²) in [6.45, 7) is 3.28. The van der Waals surface area contributed by atoms with Crippen LogP contribution in [-0.2, 0) is 16.6 Å². The van der Waals surface area contributed by atoms with Crippen molar-refractivity contribution in [2.45, 2.75) is 25.3 Å². The lowest BCUT2D eigenvalue weighted by atomic mass is 10.1. The highest BCUT2D eigenvalue weighted by Gasteiger charge is 2.20. The first-order valence-corrected chi connectivity index (χ1v) is 7.96. The second-order valence-corrected chi connectivity index (χ2v) is 6.60. The van der Waals surface area contributed by atoms with Crippen LogP contribution in [0, 0.1) is 19.7 Å². The molecule has 1 heterocycles. The third-order valence-electron chi connectivity index (χ3n) is 2.62. The molecular weight excluding hydrogens is 287 g/mol. The Hall–Kier alpha value is -1.31. The normalized spacial score (nSPS) is 11.7. The van der Waals surface area contributed by atoms with E-state index in [1.165, 1.54) is 23.5 Å². The summed E-state index contributed by atoms with van der Waals surface area (Å²) < 4.78 is 40.1. The van der Waals surface area contributed by atoms with E-state index < -0.39 is 15.8 Å². The number of sulfonamides is 1. The number of halogens is 1. The molecule has 0 saturated carbocycles. The van der Waals surface area contributed by atoms with Gasteiger partial charge in [0.15, 0.2) is 0 Å². The Labute approximate surface area is 115 Å². The monoisotopic (exact) mass is 300 g/mol. The van der Waals surface area contributed by atoms with Crippen molar-refractivity contribution in [3.8, 4) is 0 Å². The second kappa shape index (κ2) is 5.36. The molecule has 2 rings (SSSR count). The van der Waals surface area contributed by atoms with Crippen molar-refractivity contribution in [1.29, 1.82) is 0 Å². The zero-order valence-corrected chi connectivity index (χ0v) is 12.1. The van der Waals surface area contributed by atoms with Gasteiger partial charge in [0.1, 0.15) is 5.82 Å². The van der Waals surface area contributed by atoms with E-state index in [-0.39, 0.29) is 11.4 Å². The highest BCUT2D eigenvalue weighted by molar-refractivity contribution is 7.89. The van der Waals surface area contributed by atoms with Gasteiger partial charge in [-0.05, 0) is 37.1 Å². The molecule has 4 nitrogen and oxygen atoms in total. The maximum Gasteiger partial charge on any atom is 0.241 e. The van der Waals surface area contributed by atoms with E-state index in [0.717, 1.165) is 0 Å². The average Bonchev–Trinajstić information content (AvgIpc) is 2.77. The van der Waals surface area contributed by atoms with Gasteiger partial charge in [-0.3, -0.25) is 0 Å². The van der Waals surface area contributed by atoms with Gasteiger partial charge in [-0.15, -0.1) is 11.3 Å². The van der Waals surface area contributed by atoms with E-state index in [1.807, 2.05) is 0 Å². The van der Waals surface area contributed by atoms with Gasteiger partial charge in [-0.1, -0.05) is 0 Å². The highest BCUT2D eigenvalue weighted by atomic mass is 32.2. The van der Waals surface area contributed by atoms with Crippen LogP contribution in [0.4, 0.5) is 4.39 Å². The summed E-state index contributed by atoms with van der Waals surface area (Å²) in [5, 5.41) is 1.77. The third kappa shape index (κ3) is 3.17. The minimum atomic E-state index is -3.67. The first-order valence-electron chi connectivity index (χ1n) is 5.53. The zero-order chi connectivity index (χ0) is 14.0. The summed E-state index contributed by atoms with van der Waals surface area (Å²) in [5.74, 6) is -0.437. The Kier molecular flexibility index (Phi) is 3.98. The first-order chi connectivity index (χ1) is 8.90. The standard InChI is InChI=1S/C12H13FN2O2S2/c1-8-3-10(13)4-9(2)12(8)19(16,17)15-5-11-6-18-7-14-11/h3-4,6-7,15H,5H2,1-2H3. The molecule has 0 bridgehead atoms. The topological polar surface area (TPSA) is 59.1 Å². The highest BCUT2D eigenvalue weighted by Crippen LogP contribution is 2.21. The van der Waals surface area contributed by atoms with Crippen molar-refractivity contribution >= 4 is 21.4 Å². The van der Waals surface area contributed by atoms with Crippen LogP contribution in [0.5, 0.6) is 0 Å². The lowest BCUT2D eigenvalue weighted by molar-refractivity contribution is 0.577. The molecular formula is C12H13FN2O2S2. The van der Waals surface area contributed by atoms with Crippen molar-refractivity contribution in [3.05, 3.63) is 45.7 Å². The van der Waals surface area contributed by atoms with Crippen molar-refractivity contribution < 1.29 is 12.8 Å². The molecule has 0 spiro atoms. The fraction of sp³-hybridized carbons (Fsp3) is 0.250. The number of aryl methyl sites for hydroxylation is 2. The molecule has 1 aromatic heterocycles. The molecule has 19 heavy (non-hydrogen) atoms. The van der Waals surface area contributed by atoms with Crippen LogP contribution < -0.4 is 4.72 Å². The molecule has 102 valence electrons. The van der Waals surface area contributed by atoms with Crippen LogP contribution in [-0.4, -0.2) is 13.4 Å². The Morgan fingerprint density at radius 1 is 1.32 bits per heavy atom. The smallest absolute Gasteiger partial charge is 0.241 e. The Balaban J connectivity index is 2.29. The van der Waals surface area contributed by atoms with E-state index in [1.54, 1.807) is 24.7 Å². The van der Waals surface area contributed by atoms with Gasteiger partial charge in [0.2, 0.25) is 10.0 Å². The van der Waals surface area contributed by atoms with Crippen LogP contribution in [0.1, 0.15) is 16.8 Å². The Morgan fingerprint density at radius 3 is 2.47 bits per heavy atom. The fourth-order valence-corrected chi connectivity index (χ4v) is 3.89. The Morgan fingerprint density at radius 2 is 1.95 bits per heavy atom. The summed E-state index contributed by atoms with van der Waals surface area (Å²) in [7, 11) is -3.67. The predicted octanol–water partition coefficient (Wildman–Crippen LogP) is 2.38. The number of aromatic nitrogens is 1. The van der Waals surface area contributed by atoms with Crippen molar-refractivity contribution in [1.82, 2.24) is 9.71 Å². The molecule has 0 radical (unpaired) electrons. The molecule has 0 aliphatic rings. The average molecular weight is 300 g/mol. The summed E-state index contributed by atoms with van der Waals surface area (Å²) in [5.41, 5.74) is 3.08. The molecule has 0 atom stereocenters. The van der Waals surface area contributed by atoms with Gasteiger partial charge < -0.3 is 0 Å². The number of hydrogen-bond acceptors (Lipinski definition) is 4. The molecule has 1 aromatic carbocycles. The van der Waals surface area contributed by atoms with Crippen LogP contribution >= 0.6 is 11.3 Å². The van der Waals surface area contributed by atoms with Gasteiger partial charge in [0, 0.05) is 5.38 Å². The number of nitrogens with one attached hydrogen (secondary N) is 1. The quantitative estimate of drug-likeness (QED) is 0.943. The predicted molar refractivity (Wildman–Crippen MR) is 72.0 cm³/mol. The van der Waals surface area contributed by atoms with E-state index in [0.29, 0.717) is 16.8 Å². The number of rotatable bonds is 4. The molecule has 0 unspecified atom stereocenters. The van der Waals surface area contributed by atoms with Crippen LogP contribution in [0.3, 0.4) is 0 Å². The van der Waals surface area contributed by atoms with E-state index in [2.05, 4.69) is 9.71 Å². The number of nitrogens with zero attached hydrogens (tertiary/aromatic N) is 1. The van der Waals surface area contributed by atoms with Gasteiger partial charge in [-0.2, -0.15) is 0 Å². The van der Waals surface area contributed by atoms with Crippen molar-refractivity contribution in [2.75, 3.05) is 0 Å². The Bertz CT molecular complexity index is 659. The lowest BCUT2D eigenvalue weighted by Crippen LogP contribution is -2.25. The minimum absolute atomic E-state index is 0.127. The summed E-state index contributed by atoms with van der Waals surface area (Å²) in [4.78, 5) is 4.13. The van der Waals surface area contributed by atoms with Crippen LogP contribution in [0.25, 0.3) is 0 Å². The largest absolute Gasteiger partial charge is 0.248 e. The lowest BCUT2D eigenvalue weighted by Gasteiger charge is -2.11. The summed E-state index contributed by atoms with van der Waals surface area (Å²) in [6.07, 6.45) is 0. The van der Waals surface area contributed by atoms with Gasteiger partial charge in [-0.25, -0.2) is 22.5 Å². The zero-order valence-electron chi connectivity index (χ0n) is 10.5. The van der Waals surface area contributed by atoms with Crippen LogP contribution in [0.15, 0.2) is 27.9 Å². The molecule has 0 fully saturated rings. The van der Waals surface area contributed by atoms with Crippen molar-refractivity contribution in [2.24, 2.45) is 0 Å². The molecule has 1 N–H and O–H groups in total. The minimum Gasteiger partial charge on any atom is -0.248 e. The third-order valence-corrected chi connectivity index (χ3v) is 4.96. The number of benzene rings is 1. The summed E-state index contributed by atoms with van der Waals surface area (Å²) >= 11 is 1.40. The fourth-order valence-electron chi connectivity index (χ4n) is 1.89. The molecule has 2 aromatic rings. The molecule has 0 amide bonds. The SMILES string of the molecule is Cc1cc(F)cc(C)c1S(=O)(=O)NCc1cscn1. The second-order valence-electron chi connectivity index (χ2n) is 4.17. The van der Waals surface area contributed by atoms with Gasteiger partial charge >= 0.3 is 0 Å². The first kappa shape index (κ1) is 14.1. The van der Waals surface area contributed by atoms with Gasteiger partial charge in [0.05, 0.1) is 22.6 Å². The molecule has 7 heteroatoms. The molecule has 0 aliphatic carbocycles. The number of thiazole rings is 1. The maximum atomic E-state index is 13.2. The number of hydrogen-bond donors (Lipinski definition) is 1. The van der Waals surface area contributed by atoms with Gasteiger partial charge in [0.25, 0.3) is 0 Å². The molecule has 0 aliphatic heterocycles. The van der Waals surface area contributed by atoms with E-state index in [4.69, 9.17) is 0 Å². The van der Waals surface area contributed by atoms with E-state index >= 15 is 0 Å². The van der Waals surface area contributed by atoms with Crippen LogP contribution in [0.2, 0.25) is 0 Å².